The summed E-state index contributed by atoms with van der Waals surface area (Å²) in [6, 6.07) is 13.1. The lowest BCUT2D eigenvalue weighted by molar-refractivity contribution is 0.0524. The fourth-order valence-electron chi connectivity index (χ4n) is 6.59. The first-order chi connectivity index (χ1) is 24.2. The van der Waals surface area contributed by atoms with Crippen molar-refractivity contribution < 1.29 is 31.9 Å². The summed E-state index contributed by atoms with van der Waals surface area (Å²) < 4.78 is 52.8. The summed E-state index contributed by atoms with van der Waals surface area (Å²) in [5.41, 5.74) is 3.45. The van der Waals surface area contributed by atoms with E-state index in [-0.39, 0.29) is 41.9 Å². The minimum Gasteiger partial charge on any atom is -0.462 e. The Morgan fingerprint density at radius 3 is 2.50 bits per heavy atom. The summed E-state index contributed by atoms with van der Waals surface area (Å²) in [7, 11) is 0. The molecule has 2 aliphatic rings. The number of benzene rings is 2. The number of carbonyl (C=O) groups is 2. The number of hydrogen-bond acceptors (Lipinski definition) is 9. The number of aryl methyl sites for hydroxylation is 1. The Hall–Kier alpha value is -4.88. The lowest BCUT2D eigenvalue weighted by atomic mass is 9.86. The van der Waals surface area contributed by atoms with Gasteiger partial charge in [-0.15, -0.1) is 21.5 Å². The molecule has 1 saturated heterocycles. The van der Waals surface area contributed by atoms with Crippen LogP contribution >= 0.6 is 11.3 Å². The van der Waals surface area contributed by atoms with E-state index >= 15 is 0 Å². The van der Waals surface area contributed by atoms with Crippen molar-refractivity contribution >= 4 is 23.2 Å². The Balaban J connectivity index is 1.38. The summed E-state index contributed by atoms with van der Waals surface area (Å²) in [4.78, 5) is 33.5. The maximum atomic E-state index is 14.0. The van der Waals surface area contributed by atoms with E-state index in [2.05, 4.69) is 20.8 Å². The highest BCUT2D eigenvalue weighted by atomic mass is 32.1. The van der Waals surface area contributed by atoms with E-state index in [0.717, 1.165) is 61.3 Å². The van der Waals surface area contributed by atoms with Gasteiger partial charge in [-0.2, -0.15) is 0 Å². The van der Waals surface area contributed by atoms with Crippen LogP contribution in [-0.4, -0.2) is 40.2 Å². The molecule has 0 bridgehead atoms. The molecule has 0 spiro atoms. The Labute approximate surface area is 290 Å². The second-order valence-corrected chi connectivity index (χ2v) is 13.7. The Morgan fingerprint density at radius 1 is 1.04 bits per heavy atom. The lowest BCUT2D eigenvalue weighted by Gasteiger charge is -2.24. The molecule has 1 saturated carbocycles. The predicted octanol–water partition coefficient (Wildman–Crippen LogP) is 7.39. The third-order valence-electron chi connectivity index (χ3n) is 9.24. The number of thiophene rings is 1. The average molecular weight is 702 g/mol. The van der Waals surface area contributed by atoms with Gasteiger partial charge in [-0.1, -0.05) is 18.2 Å². The van der Waals surface area contributed by atoms with Gasteiger partial charge in [-0.25, -0.2) is 18.0 Å². The normalized spacial score (nSPS) is 16.4. The molecule has 9 nitrogen and oxygen atoms in total. The molecule has 13 heteroatoms. The molecule has 2 aromatic carbocycles. The monoisotopic (exact) mass is 701 g/mol. The number of nitrogens with zero attached hydrogens (tertiary/aromatic N) is 3. The SMILES string of the molecule is CCOC(=O)c1c([C@@H]2CCCN2)nc(CC2(c3ccc(F)cc3)CC2)c(-c2nnc(C)o2)c1-c1ccc(C(=O)NCc2ccc(F)c(F)c2)s1. The minimum atomic E-state index is -1.00. The molecule has 0 unspecified atom stereocenters. The number of pyridine rings is 1. The molecule has 1 atom stereocenters. The van der Waals surface area contributed by atoms with Crippen LogP contribution in [0.2, 0.25) is 0 Å². The first kappa shape index (κ1) is 33.6. The molecule has 2 fully saturated rings. The van der Waals surface area contributed by atoms with Crippen LogP contribution in [-0.2, 0) is 23.1 Å². The molecule has 1 aliphatic carbocycles. The predicted molar refractivity (Wildman–Crippen MR) is 180 cm³/mol. The third-order valence-corrected chi connectivity index (χ3v) is 10.3. The van der Waals surface area contributed by atoms with Gasteiger partial charge in [0.05, 0.1) is 40.0 Å². The fraction of sp³-hybridized carbons (Fsp3) is 0.324. The van der Waals surface area contributed by atoms with Gasteiger partial charge in [-0.05, 0) is 86.7 Å². The van der Waals surface area contributed by atoms with Crippen LogP contribution in [0, 0.1) is 24.4 Å². The summed E-state index contributed by atoms with van der Waals surface area (Å²) in [5, 5.41) is 14.7. The zero-order valence-corrected chi connectivity index (χ0v) is 28.3. The Kier molecular flexibility index (Phi) is 9.27. The topological polar surface area (TPSA) is 119 Å². The van der Waals surface area contributed by atoms with Gasteiger partial charge in [-0.3, -0.25) is 9.78 Å². The number of carbonyl (C=O) groups excluding carboxylic acids is 2. The van der Waals surface area contributed by atoms with Crippen molar-refractivity contribution in [3.05, 3.63) is 111 Å². The van der Waals surface area contributed by atoms with Crippen molar-refractivity contribution in [2.75, 3.05) is 13.2 Å². The number of aromatic nitrogens is 3. The number of hydrogen-bond donors (Lipinski definition) is 2. The van der Waals surface area contributed by atoms with Crippen molar-refractivity contribution in [3.63, 3.8) is 0 Å². The van der Waals surface area contributed by atoms with Gasteiger partial charge in [0, 0.05) is 35.7 Å². The van der Waals surface area contributed by atoms with E-state index in [1.54, 1.807) is 38.1 Å². The van der Waals surface area contributed by atoms with E-state index in [0.29, 0.717) is 50.1 Å². The van der Waals surface area contributed by atoms with E-state index in [1.165, 1.54) is 18.2 Å². The number of ether oxygens (including phenoxy) is 1. The first-order valence-corrected chi connectivity index (χ1v) is 17.3. The van der Waals surface area contributed by atoms with Crippen LogP contribution in [0.4, 0.5) is 13.2 Å². The molecule has 5 aromatic rings. The highest BCUT2D eigenvalue weighted by molar-refractivity contribution is 7.17. The van der Waals surface area contributed by atoms with Crippen LogP contribution in [0.5, 0.6) is 0 Å². The Morgan fingerprint density at radius 2 is 1.84 bits per heavy atom. The summed E-state index contributed by atoms with van der Waals surface area (Å²) in [6.07, 6.45) is 3.82. The van der Waals surface area contributed by atoms with Gasteiger partial charge < -0.3 is 19.8 Å². The fourth-order valence-corrected chi connectivity index (χ4v) is 7.57. The molecule has 1 amide bonds. The van der Waals surface area contributed by atoms with Crippen LogP contribution in [0.3, 0.4) is 0 Å². The maximum absolute atomic E-state index is 14.0. The lowest BCUT2D eigenvalue weighted by Crippen LogP contribution is -2.23. The van der Waals surface area contributed by atoms with Crippen molar-refractivity contribution in [1.82, 2.24) is 25.8 Å². The molecule has 50 heavy (non-hydrogen) atoms. The molecule has 258 valence electrons. The van der Waals surface area contributed by atoms with Gasteiger partial charge in [0.2, 0.25) is 11.8 Å². The first-order valence-electron chi connectivity index (χ1n) is 16.5. The summed E-state index contributed by atoms with van der Waals surface area (Å²) >= 11 is 1.16. The zero-order valence-electron chi connectivity index (χ0n) is 27.4. The van der Waals surface area contributed by atoms with Crippen LogP contribution in [0.15, 0.2) is 59.0 Å². The highest BCUT2D eigenvalue weighted by Crippen LogP contribution is 2.53. The standard InChI is InChI=1S/C37H34F3N5O4S/c1-3-48-36(47)32-31(28-12-13-29(50-28)34(46)42-19-21-6-11-24(39)25(40)17-21)30(35-45-44-20(2)49-35)27(43-33(32)26-5-4-16-41-26)18-37(14-15-37)22-7-9-23(38)10-8-22/h6-13,17,26,41H,3-5,14-16,18-19H2,1-2H3,(H,42,46)/t26-/m0/s1. The molecular formula is C37H34F3N5O4S. The molecule has 1 aliphatic heterocycles. The number of esters is 1. The number of nitrogens with one attached hydrogen (secondary N) is 2. The second kappa shape index (κ2) is 13.8. The average Bonchev–Trinajstić information content (AvgIpc) is 3.50. The number of rotatable bonds is 11. The quantitative estimate of drug-likeness (QED) is 0.137. The van der Waals surface area contributed by atoms with Crippen molar-refractivity contribution in [1.29, 1.82) is 0 Å². The largest absolute Gasteiger partial charge is 0.462 e. The molecule has 0 radical (unpaired) electrons. The van der Waals surface area contributed by atoms with Crippen molar-refractivity contribution in [2.24, 2.45) is 0 Å². The van der Waals surface area contributed by atoms with E-state index in [1.807, 2.05) is 0 Å². The van der Waals surface area contributed by atoms with Gasteiger partial charge >= 0.3 is 5.97 Å². The molecule has 4 heterocycles. The smallest absolute Gasteiger partial charge is 0.340 e. The molecule has 7 rings (SSSR count). The number of halogens is 3. The van der Waals surface area contributed by atoms with E-state index in [4.69, 9.17) is 14.1 Å². The zero-order chi connectivity index (χ0) is 35.0. The Bertz CT molecular complexity index is 2070. The molecule has 2 N–H and O–H groups in total. The second-order valence-electron chi connectivity index (χ2n) is 12.6. The highest BCUT2D eigenvalue weighted by Gasteiger charge is 2.46. The van der Waals surface area contributed by atoms with Crippen LogP contribution in [0.25, 0.3) is 21.9 Å². The van der Waals surface area contributed by atoms with Gasteiger partial charge in [0.1, 0.15) is 5.82 Å². The minimum absolute atomic E-state index is 0.0216. The van der Waals surface area contributed by atoms with Crippen LogP contribution < -0.4 is 10.6 Å². The summed E-state index contributed by atoms with van der Waals surface area (Å²) in [6.45, 7) is 4.27. The van der Waals surface area contributed by atoms with E-state index in [9.17, 15) is 22.8 Å². The maximum Gasteiger partial charge on any atom is 0.340 e. The molecule has 3 aromatic heterocycles. The third kappa shape index (κ3) is 6.67. The van der Waals surface area contributed by atoms with Gasteiger partial charge in [0.25, 0.3) is 5.91 Å². The van der Waals surface area contributed by atoms with E-state index < -0.39 is 23.5 Å². The van der Waals surface area contributed by atoms with Crippen LogP contribution in [0.1, 0.15) is 87.1 Å². The molecular weight excluding hydrogens is 667 g/mol. The van der Waals surface area contributed by atoms with Crippen molar-refractivity contribution in [3.8, 4) is 21.9 Å². The summed E-state index contributed by atoms with van der Waals surface area (Å²) in [5.74, 6) is -2.80. The van der Waals surface area contributed by atoms with Gasteiger partial charge in [0.15, 0.2) is 11.6 Å². The number of amides is 1. The van der Waals surface area contributed by atoms with Crippen molar-refractivity contribution in [2.45, 2.75) is 64.0 Å².